The summed E-state index contributed by atoms with van der Waals surface area (Å²) in [5, 5.41) is 2.82. The van der Waals surface area contributed by atoms with Gasteiger partial charge in [-0.1, -0.05) is 36.4 Å². The number of hydrogen-bond donors (Lipinski definition) is 2. The van der Waals surface area contributed by atoms with E-state index in [9.17, 15) is 9.59 Å². The van der Waals surface area contributed by atoms with Gasteiger partial charge in [0, 0.05) is 19.2 Å². The molecule has 0 aliphatic rings. The Morgan fingerprint density at radius 1 is 1.07 bits per heavy atom. The van der Waals surface area contributed by atoms with Crippen LogP contribution in [0.3, 0.4) is 0 Å². The van der Waals surface area contributed by atoms with E-state index < -0.39 is 6.04 Å². The third-order valence-electron chi connectivity index (χ3n) is 5.03. The summed E-state index contributed by atoms with van der Waals surface area (Å²) in [4.78, 5) is 25.1. The van der Waals surface area contributed by atoms with Gasteiger partial charge in [-0.15, -0.1) is 0 Å². The summed E-state index contributed by atoms with van der Waals surface area (Å²) in [5.41, 5.74) is 9.56. The SMILES string of the molecule is CC(=O)Nc1cccc(-c2cccc(CCN(Cc3ccco3)C(C)C(N)=O)c2)c1. The third kappa shape index (κ3) is 5.81. The summed E-state index contributed by atoms with van der Waals surface area (Å²) >= 11 is 0. The van der Waals surface area contributed by atoms with Crippen molar-refractivity contribution in [2.75, 3.05) is 11.9 Å². The molecule has 2 amide bonds. The lowest BCUT2D eigenvalue weighted by Crippen LogP contribution is -2.43. The Bertz CT molecular complexity index is 998. The summed E-state index contributed by atoms with van der Waals surface area (Å²) in [5.74, 6) is 0.345. The molecule has 0 saturated carbocycles. The first-order valence-electron chi connectivity index (χ1n) is 9.95. The summed E-state index contributed by atoms with van der Waals surface area (Å²) in [6.45, 7) is 4.50. The molecule has 1 atom stereocenters. The zero-order chi connectivity index (χ0) is 21.5. The highest BCUT2D eigenvalue weighted by Crippen LogP contribution is 2.24. The van der Waals surface area contributed by atoms with Crippen LogP contribution in [0, 0.1) is 0 Å². The Balaban J connectivity index is 1.73. The molecule has 0 saturated heterocycles. The van der Waals surface area contributed by atoms with Crippen LogP contribution in [-0.2, 0) is 22.6 Å². The van der Waals surface area contributed by atoms with Crippen molar-refractivity contribution in [3.8, 4) is 11.1 Å². The standard InChI is InChI=1S/C24H27N3O3/c1-17(24(25)29)27(16-23-10-5-13-30-23)12-11-19-6-3-7-20(14-19)21-8-4-9-22(15-21)26-18(2)28/h3-10,13-15,17H,11-12,16H2,1-2H3,(H2,25,29)(H,26,28). The van der Waals surface area contributed by atoms with Gasteiger partial charge < -0.3 is 15.5 Å². The van der Waals surface area contributed by atoms with Crippen molar-refractivity contribution in [3.63, 3.8) is 0 Å². The molecule has 1 unspecified atom stereocenters. The van der Waals surface area contributed by atoms with Crippen LogP contribution in [-0.4, -0.2) is 29.3 Å². The first-order valence-corrected chi connectivity index (χ1v) is 9.95. The summed E-state index contributed by atoms with van der Waals surface area (Å²) in [6, 6.07) is 19.4. The maximum Gasteiger partial charge on any atom is 0.234 e. The number of primary amides is 1. The molecule has 2 aromatic carbocycles. The first kappa shape index (κ1) is 21.3. The number of benzene rings is 2. The Morgan fingerprint density at radius 2 is 1.80 bits per heavy atom. The fourth-order valence-electron chi connectivity index (χ4n) is 3.35. The number of furan rings is 1. The number of hydrogen-bond acceptors (Lipinski definition) is 4. The smallest absolute Gasteiger partial charge is 0.234 e. The van der Waals surface area contributed by atoms with Gasteiger partial charge in [0.1, 0.15) is 5.76 Å². The second-order valence-corrected chi connectivity index (χ2v) is 7.34. The minimum atomic E-state index is -0.396. The topological polar surface area (TPSA) is 88.6 Å². The molecule has 1 aromatic heterocycles. The average molecular weight is 405 g/mol. The quantitative estimate of drug-likeness (QED) is 0.566. The monoisotopic (exact) mass is 405 g/mol. The molecule has 0 bridgehead atoms. The van der Waals surface area contributed by atoms with E-state index in [0.717, 1.165) is 34.6 Å². The number of nitrogens with one attached hydrogen (secondary N) is 1. The molecule has 1 heterocycles. The molecule has 0 fully saturated rings. The molecule has 0 radical (unpaired) electrons. The number of carbonyl (C=O) groups is 2. The van der Waals surface area contributed by atoms with E-state index in [0.29, 0.717) is 13.1 Å². The number of carbonyl (C=O) groups excluding carboxylic acids is 2. The van der Waals surface area contributed by atoms with Crippen LogP contribution < -0.4 is 11.1 Å². The Hall–Kier alpha value is -3.38. The van der Waals surface area contributed by atoms with Crippen LogP contribution in [0.5, 0.6) is 0 Å². The van der Waals surface area contributed by atoms with Gasteiger partial charge >= 0.3 is 0 Å². The van der Waals surface area contributed by atoms with Gasteiger partial charge in [-0.25, -0.2) is 0 Å². The summed E-state index contributed by atoms with van der Waals surface area (Å²) in [7, 11) is 0. The molecule has 156 valence electrons. The Morgan fingerprint density at radius 3 is 2.47 bits per heavy atom. The van der Waals surface area contributed by atoms with Gasteiger partial charge in [-0.2, -0.15) is 0 Å². The fraction of sp³-hybridized carbons (Fsp3) is 0.250. The van der Waals surface area contributed by atoms with Crippen molar-refractivity contribution >= 4 is 17.5 Å². The van der Waals surface area contributed by atoms with Crippen LogP contribution in [0.25, 0.3) is 11.1 Å². The van der Waals surface area contributed by atoms with Crippen molar-refractivity contribution in [1.29, 1.82) is 0 Å². The molecule has 3 N–H and O–H groups in total. The lowest BCUT2D eigenvalue weighted by molar-refractivity contribution is -0.123. The van der Waals surface area contributed by atoms with E-state index in [1.54, 1.807) is 6.26 Å². The Kier molecular flexibility index (Phi) is 7.03. The minimum Gasteiger partial charge on any atom is -0.468 e. The summed E-state index contributed by atoms with van der Waals surface area (Å²) < 4.78 is 5.44. The number of nitrogens with zero attached hydrogens (tertiary/aromatic N) is 1. The number of amides is 2. The third-order valence-corrected chi connectivity index (χ3v) is 5.03. The van der Waals surface area contributed by atoms with Crippen LogP contribution in [0.1, 0.15) is 25.2 Å². The van der Waals surface area contributed by atoms with Gasteiger partial charge in [0.15, 0.2) is 0 Å². The molecule has 0 aliphatic heterocycles. The van der Waals surface area contributed by atoms with E-state index >= 15 is 0 Å². The number of nitrogens with two attached hydrogens (primary N) is 1. The van der Waals surface area contributed by atoms with Crippen molar-refractivity contribution < 1.29 is 14.0 Å². The Labute approximate surface area is 176 Å². The van der Waals surface area contributed by atoms with E-state index in [2.05, 4.69) is 17.4 Å². The zero-order valence-electron chi connectivity index (χ0n) is 17.3. The predicted molar refractivity (Wildman–Crippen MR) is 118 cm³/mol. The van der Waals surface area contributed by atoms with Crippen molar-refractivity contribution in [2.24, 2.45) is 5.73 Å². The molecule has 0 spiro atoms. The van der Waals surface area contributed by atoms with Gasteiger partial charge in [0.2, 0.25) is 11.8 Å². The lowest BCUT2D eigenvalue weighted by Gasteiger charge is -2.26. The molecular formula is C24H27N3O3. The van der Waals surface area contributed by atoms with Crippen LogP contribution >= 0.6 is 0 Å². The molecular weight excluding hydrogens is 378 g/mol. The molecule has 3 rings (SSSR count). The highest BCUT2D eigenvalue weighted by atomic mass is 16.3. The average Bonchev–Trinajstić information content (AvgIpc) is 3.23. The summed E-state index contributed by atoms with van der Waals surface area (Å²) in [6.07, 6.45) is 2.39. The van der Waals surface area contributed by atoms with Crippen molar-refractivity contribution in [1.82, 2.24) is 4.90 Å². The number of anilines is 1. The second kappa shape index (κ2) is 9.89. The molecule has 30 heavy (non-hydrogen) atoms. The van der Waals surface area contributed by atoms with Crippen LogP contribution in [0.15, 0.2) is 71.3 Å². The molecule has 6 heteroatoms. The van der Waals surface area contributed by atoms with E-state index in [1.807, 2.05) is 60.4 Å². The van der Waals surface area contributed by atoms with Gasteiger partial charge in [0.25, 0.3) is 0 Å². The van der Waals surface area contributed by atoms with Gasteiger partial charge in [-0.3, -0.25) is 14.5 Å². The van der Waals surface area contributed by atoms with Gasteiger partial charge in [-0.05, 0) is 54.3 Å². The maximum atomic E-state index is 11.7. The van der Waals surface area contributed by atoms with E-state index in [1.165, 1.54) is 6.92 Å². The first-order chi connectivity index (χ1) is 14.4. The maximum absolute atomic E-state index is 11.7. The largest absolute Gasteiger partial charge is 0.468 e. The molecule has 3 aromatic rings. The van der Waals surface area contributed by atoms with Crippen LogP contribution in [0.2, 0.25) is 0 Å². The minimum absolute atomic E-state index is 0.0962. The van der Waals surface area contributed by atoms with E-state index in [-0.39, 0.29) is 11.8 Å². The lowest BCUT2D eigenvalue weighted by atomic mass is 10.0. The predicted octanol–water partition coefficient (Wildman–Crippen LogP) is 3.82. The second-order valence-electron chi connectivity index (χ2n) is 7.34. The highest BCUT2D eigenvalue weighted by molar-refractivity contribution is 5.89. The molecule has 6 nitrogen and oxygen atoms in total. The normalized spacial score (nSPS) is 12.0. The zero-order valence-corrected chi connectivity index (χ0v) is 17.3. The van der Waals surface area contributed by atoms with Gasteiger partial charge in [0.05, 0.1) is 18.8 Å². The van der Waals surface area contributed by atoms with Crippen LogP contribution in [0.4, 0.5) is 5.69 Å². The van der Waals surface area contributed by atoms with E-state index in [4.69, 9.17) is 10.2 Å². The number of rotatable bonds is 9. The fourth-order valence-corrected chi connectivity index (χ4v) is 3.35. The van der Waals surface area contributed by atoms with Crippen molar-refractivity contribution in [2.45, 2.75) is 32.9 Å². The molecule has 0 aliphatic carbocycles. The van der Waals surface area contributed by atoms with Crippen molar-refractivity contribution in [3.05, 3.63) is 78.3 Å². The highest BCUT2D eigenvalue weighted by Gasteiger charge is 2.20.